The zero-order chi connectivity index (χ0) is 12.5. The molecular weight excluding hydrogens is 276 g/mol. The van der Waals surface area contributed by atoms with Crippen LogP contribution in [0, 0.1) is 5.82 Å². The average Bonchev–Trinajstić information content (AvgIpc) is 2.24. The van der Waals surface area contributed by atoms with E-state index in [0.29, 0.717) is 0 Å². The minimum absolute atomic E-state index is 0.0673. The fourth-order valence-corrected chi connectivity index (χ4v) is 2.98. The second-order valence-corrected chi connectivity index (χ2v) is 6.14. The lowest BCUT2D eigenvalue weighted by molar-refractivity contribution is 0.577. The maximum atomic E-state index is 13.2. The molecule has 0 aliphatic heterocycles. The van der Waals surface area contributed by atoms with E-state index in [2.05, 4.69) is 4.72 Å². The van der Waals surface area contributed by atoms with Gasteiger partial charge in [0.2, 0.25) is 10.0 Å². The molecule has 0 fully saturated rings. The zero-order valence-electron chi connectivity index (χ0n) is 8.59. The van der Waals surface area contributed by atoms with Gasteiger partial charge >= 0.3 is 0 Å². The summed E-state index contributed by atoms with van der Waals surface area (Å²) >= 11 is 11.5. The van der Waals surface area contributed by atoms with E-state index in [4.69, 9.17) is 23.2 Å². The topological polar surface area (TPSA) is 46.2 Å². The average molecular weight is 286 g/mol. The molecule has 0 spiro atoms. The second-order valence-electron chi connectivity index (χ2n) is 3.15. The molecule has 1 N–H and O–H groups in total. The first-order chi connectivity index (χ1) is 7.31. The molecule has 90 valence electrons. The van der Waals surface area contributed by atoms with Gasteiger partial charge in [0.05, 0.1) is 5.02 Å². The van der Waals surface area contributed by atoms with E-state index in [1.807, 2.05) is 0 Å². The Bertz CT molecular complexity index is 504. The predicted octanol–water partition coefficient (Wildman–Crippen LogP) is 2.74. The number of sulfonamides is 1. The van der Waals surface area contributed by atoms with Crippen molar-refractivity contribution in [1.29, 1.82) is 0 Å². The minimum atomic E-state index is -3.60. The monoisotopic (exact) mass is 285 g/mol. The quantitative estimate of drug-likeness (QED) is 0.868. The zero-order valence-corrected chi connectivity index (χ0v) is 10.9. The maximum absolute atomic E-state index is 13.2. The van der Waals surface area contributed by atoms with Crippen LogP contribution < -0.4 is 4.72 Å². The number of rotatable bonds is 3. The van der Waals surface area contributed by atoms with Gasteiger partial charge in [-0.15, -0.1) is 0 Å². The lowest BCUT2D eigenvalue weighted by Gasteiger charge is -2.15. The molecule has 0 aliphatic carbocycles. The Morgan fingerprint density at radius 3 is 2.44 bits per heavy atom. The molecular formula is C9H10Cl2FNO2S. The Balaban J connectivity index is 3.40. The minimum Gasteiger partial charge on any atom is -0.218 e. The van der Waals surface area contributed by atoms with Gasteiger partial charge in [-0.3, -0.25) is 0 Å². The maximum Gasteiger partial charge on any atom is 0.218 e. The third-order valence-corrected chi connectivity index (χ3v) is 4.69. The van der Waals surface area contributed by atoms with Crippen molar-refractivity contribution >= 4 is 33.2 Å². The number of hydrogen-bond donors (Lipinski definition) is 1. The van der Waals surface area contributed by atoms with Crippen molar-refractivity contribution < 1.29 is 12.8 Å². The molecule has 0 saturated heterocycles. The van der Waals surface area contributed by atoms with Crippen LogP contribution in [0.25, 0.3) is 0 Å². The molecule has 0 radical (unpaired) electrons. The molecule has 1 aromatic rings. The fraction of sp³-hybridized carbons (Fsp3) is 0.333. The molecule has 0 heterocycles. The van der Waals surface area contributed by atoms with Gasteiger partial charge in [-0.2, -0.15) is 0 Å². The number of benzene rings is 1. The summed E-state index contributed by atoms with van der Waals surface area (Å²) in [5.74, 6) is -0.695. The Kier molecular flexibility index (Phi) is 4.17. The fourth-order valence-electron chi connectivity index (χ4n) is 1.25. The lowest BCUT2D eigenvalue weighted by atomic mass is 10.1. The third-order valence-electron chi connectivity index (χ3n) is 2.24. The van der Waals surface area contributed by atoms with E-state index >= 15 is 0 Å². The highest BCUT2D eigenvalue weighted by Crippen LogP contribution is 2.35. The smallest absolute Gasteiger partial charge is 0.218 e. The van der Waals surface area contributed by atoms with Crippen molar-refractivity contribution in [2.75, 3.05) is 7.05 Å². The van der Waals surface area contributed by atoms with E-state index < -0.39 is 21.1 Å². The third kappa shape index (κ3) is 2.48. The van der Waals surface area contributed by atoms with Crippen molar-refractivity contribution in [3.63, 3.8) is 0 Å². The molecule has 16 heavy (non-hydrogen) atoms. The first-order valence-electron chi connectivity index (χ1n) is 4.37. The first kappa shape index (κ1) is 13.7. The van der Waals surface area contributed by atoms with Crippen LogP contribution in [0.2, 0.25) is 10.0 Å². The number of halogens is 3. The van der Waals surface area contributed by atoms with Crippen LogP contribution in [0.4, 0.5) is 4.39 Å². The van der Waals surface area contributed by atoms with E-state index in [1.165, 1.54) is 20.0 Å². The van der Waals surface area contributed by atoms with Crippen LogP contribution >= 0.6 is 23.2 Å². The first-order valence-corrected chi connectivity index (χ1v) is 6.67. The Morgan fingerprint density at radius 1 is 1.38 bits per heavy atom. The van der Waals surface area contributed by atoms with Gasteiger partial charge in [0.1, 0.15) is 11.1 Å². The normalized spacial score (nSPS) is 13.8. The van der Waals surface area contributed by atoms with Crippen molar-refractivity contribution in [3.8, 4) is 0 Å². The van der Waals surface area contributed by atoms with Crippen molar-refractivity contribution in [3.05, 3.63) is 33.6 Å². The molecule has 0 amide bonds. The van der Waals surface area contributed by atoms with Crippen LogP contribution in [0.15, 0.2) is 12.1 Å². The molecule has 3 nitrogen and oxygen atoms in total. The van der Waals surface area contributed by atoms with E-state index in [0.717, 1.165) is 6.07 Å². The predicted molar refractivity (Wildman–Crippen MR) is 62.8 cm³/mol. The summed E-state index contributed by atoms with van der Waals surface area (Å²) in [5, 5.41) is -1.16. The van der Waals surface area contributed by atoms with E-state index in [1.54, 1.807) is 0 Å². The van der Waals surface area contributed by atoms with Gasteiger partial charge in [-0.05, 0) is 26.1 Å². The molecule has 0 saturated carbocycles. The summed E-state index contributed by atoms with van der Waals surface area (Å²) in [5.41, 5.74) is 0.0673. The van der Waals surface area contributed by atoms with Crippen LogP contribution in [0.5, 0.6) is 0 Å². The van der Waals surface area contributed by atoms with Crippen LogP contribution in [0.1, 0.15) is 17.7 Å². The molecule has 1 atom stereocenters. The van der Waals surface area contributed by atoms with Crippen LogP contribution in [0.3, 0.4) is 0 Å². The number of nitrogens with one attached hydrogen (secondary N) is 1. The van der Waals surface area contributed by atoms with E-state index in [-0.39, 0.29) is 15.6 Å². The second kappa shape index (κ2) is 4.87. The van der Waals surface area contributed by atoms with Gasteiger partial charge in [-0.1, -0.05) is 23.2 Å². The van der Waals surface area contributed by atoms with Crippen molar-refractivity contribution in [2.45, 2.75) is 12.2 Å². The van der Waals surface area contributed by atoms with Crippen LogP contribution in [-0.2, 0) is 10.0 Å². The van der Waals surface area contributed by atoms with Crippen LogP contribution in [-0.4, -0.2) is 15.5 Å². The number of hydrogen-bond acceptors (Lipinski definition) is 2. The SMILES string of the molecule is CNS(=O)(=O)C(C)c1c(Cl)ccc(F)c1Cl. The summed E-state index contributed by atoms with van der Waals surface area (Å²) in [6.45, 7) is 1.39. The summed E-state index contributed by atoms with van der Waals surface area (Å²) in [6.07, 6.45) is 0. The van der Waals surface area contributed by atoms with Gasteiger partial charge in [0.25, 0.3) is 0 Å². The Hall–Kier alpha value is -0.360. The summed E-state index contributed by atoms with van der Waals surface area (Å²) < 4.78 is 38.5. The molecule has 1 unspecified atom stereocenters. The van der Waals surface area contributed by atoms with Crippen molar-refractivity contribution in [1.82, 2.24) is 4.72 Å². The highest BCUT2D eigenvalue weighted by Gasteiger charge is 2.26. The molecule has 7 heteroatoms. The van der Waals surface area contributed by atoms with E-state index in [9.17, 15) is 12.8 Å². The molecule has 1 rings (SSSR count). The molecule has 0 bridgehead atoms. The van der Waals surface area contributed by atoms with Crippen molar-refractivity contribution in [2.24, 2.45) is 0 Å². The van der Waals surface area contributed by atoms with Gasteiger partial charge in [0, 0.05) is 10.6 Å². The van der Waals surface area contributed by atoms with Gasteiger partial charge in [0.15, 0.2) is 0 Å². The lowest BCUT2D eigenvalue weighted by Crippen LogP contribution is -2.24. The molecule has 1 aromatic carbocycles. The highest BCUT2D eigenvalue weighted by molar-refractivity contribution is 7.89. The summed E-state index contributed by atoms with van der Waals surface area (Å²) in [4.78, 5) is 0. The molecule has 0 aliphatic rings. The largest absolute Gasteiger partial charge is 0.218 e. The Labute approximate surface area is 104 Å². The standard InChI is InChI=1S/C9H10Cl2FNO2S/c1-5(16(14,15)13-2)8-6(10)3-4-7(12)9(8)11/h3-5,13H,1-2H3. The summed E-state index contributed by atoms with van der Waals surface area (Å²) in [7, 11) is -2.33. The molecule has 0 aromatic heterocycles. The highest BCUT2D eigenvalue weighted by atomic mass is 35.5. The van der Waals surface area contributed by atoms with Gasteiger partial charge in [-0.25, -0.2) is 17.5 Å². The Morgan fingerprint density at radius 2 is 1.94 bits per heavy atom. The summed E-state index contributed by atoms with van der Waals surface area (Å²) in [6, 6.07) is 2.37. The van der Waals surface area contributed by atoms with Gasteiger partial charge < -0.3 is 0 Å².